The van der Waals surface area contributed by atoms with Gasteiger partial charge in [0.2, 0.25) is 0 Å². The molecule has 112 valence electrons. The molecule has 0 spiro atoms. The molecule has 1 N–H and O–H groups in total. The molecule has 1 aromatic heterocycles. The average Bonchev–Trinajstić information content (AvgIpc) is 2.79. The van der Waals surface area contributed by atoms with Crippen molar-refractivity contribution in [3.63, 3.8) is 0 Å². The van der Waals surface area contributed by atoms with E-state index in [9.17, 15) is 4.79 Å². The first-order valence-corrected chi connectivity index (χ1v) is 6.97. The van der Waals surface area contributed by atoms with E-state index >= 15 is 0 Å². The summed E-state index contributed by atoms with van der Waals surface area (Å²) in [5.41, 5.74) is 3.83. The number of aryl methyl sites for hydroxylation is 1. The maximum absolute atomic E-state index is 12.3. The Labute approximate surface area is 125 Å². The van der Waals surface area contributed by atoms with Gasteiger partial charge in [0.15, 0.2) is 0 Å². The van der Waals surface area contributed by atoms with Crippen LogP contribution in [0.15, 0.2) is 30.5 Å². The third-order valence-electron chi connectivity index (χ3n) is 3.73. The SMILES string of the molecule is Cc1c(C(C)NC(=O)c2ccc(N(C)C)cc2)cnn1C. The van der Waals surface area contributed by atoms with Crippen molar-refractivity contribution in [3.8, 4) is 0 Å². The molecule has 1 heterocycles. The van der Waals surface area contributed by atoms with Crippen LogP contribution in [0, 0.1) is 6.92 Å². The molecule has 5 nitrogen and oxygen atoms in total. The average molecular weight is 286 g/mol. The normalized spacial score (nSPS) is 12.0. The van der Waals surface area contributed by atoms with Gasteiger partial charge < -0.3 is 10.2 Å². The van der Waals surface area contributed by atoms with Crippen LogP contribution in [0.5, 0.6) is 0 Å². The van der Waals surface area contributed by atoms with Gasteiger partial charge in [0.1, 0.15) is 0 Å². The molecular weight excluding hydrogens is 264 g/mol. The van der Waals surface area contributed by atoms with Crippen LogP contribution in [-0.4, -0.2) is 29.8 Å². The minimum atomic E-state index is -0.0731. The van der Waals surface area contributed by atoms with E-state index in [1.54, 1.807) is 6.20 Å². The van der Waals surface area contributed by atoms with Gasteiger partial charge in [-0.2, -0.15) is 5.10 Å². The third-order valence-corrected chi connectivity index (χ3v) is 3.73. The van der Waals surface area contributed by atoms with Gasteiger partial charge in [0, 0.05) is 43.7 Å². The van der Waals surface area contributed by atoms with Crippen molar-refractivity contribution < 1.29 is 4.79 Å². The van der Waals surface area contributed by atoms with Gasteiger partial charge in [-0.05, 0) is 38.1 Å². The number of carbonyl (C=O) groups is 1. The molecule has 0 aliphatic rings. The fourth-order valence-corrected chi connectivity index (χ4v) is 2.21. The fraction of sp³-hybridized carbons (Fsp3) is 0.375. The summed E-state index contributed by atoms with van der Waals surface area (Å²) in [5.74, 6) is -0.0731. The number of anilines is 1. The predicted molar refractivity (Wildman–Crippen MR) is 84.6 cm³/mol. The molecule has 5 heteroatoms. The number of hydrogen-bond acceptors (Lipinski definition) is 3. The molecule has 2 aromatic rings. The number of carbonyl (C=O) groups excluding carboxylic acids is 1. The topological polar surface area (TPSA) is 50.2 Å². The summed E-state index contributed by atoms with van der Waals surface area (Å²) in [7, 11) is 5.85. The van der Waals surface area contributed by atoms with Gasteiger partial charge in [-0.15, -0.1) is 0 Å². The lowest BCUT2D eigenvalue weighted by molar-refractivity contribution is 0.0940. The fourth-order valence-electron chi connectivity index (χ4n) is 2.21. The van der Waals surface area contributed by atoms with Crippen molar-refractivity contribution in [3.05, 3.63) is 47.3 Å². The zero-order valence-electron chi connectivity index (χ0n) is 13.2. The molecular formula is C16H22N4O. The number of hydrogen-bond donors (Lipinski definition) is 1. The Kier molecular flexibility index (Phi) is 4.31. The zero-order valence-corrected chi connectivity index (χ0v) is 13.2. The Morgan fingerprint density at radius 2 is 1.90 bits per heavy atom. The largest absolute Gasteiger partial charge is 0.378 e. The highest BCUT2D eigenvalue weighted by atomic mass is 16.1. The Hall–Kier alpha value is -2.30. The third kappa shape index (κ3) is 3.24. The minimum absolute atomic E-state index is 0.0697. The van der Waals surface area contributed by atoms with Crippen molar-refractivity contribution >= 4 is 11.6 Å². The minimum Gasteiger partial charge on any atom is -0.378 e. The molecule has 0 fully saturated rings. The molecule has 2 rings (SSSR count). The Morgan fingerprint density at radius 3 is 2.38 bits per heavy atom. The number of nitrogens with zero attached hydrogens (tertiary/aromatic N) is 3. The summed E-state index contributed by atoms with van der Waals surface area (Å²) in [5, 5.41) is 7.22. The van der Waals surface area contributed by atoms with E-state index in [1.807, 2.05) is 68.8 Å². The number of aromatic nitrogens is 2. The summed E-state index contributed by atoms with van der Waals surface area (Å²) < 4.78 is 1.81. The van der Waals surface area contributed by atoms with Gasteiger partial charge in [-0.1, -0.05) is 0 Å². The van der Waals surface area contributed by atoms with Crippen LogP contribution in [0.3, 0.4) is 0 Å². The van der Waals surface area contributed by atoms with E-state index in [1.165, 1.54) is 0 Å². The monoisotopic (exact) mass is 286 g/mol. The zero-order chi connectivity index (χ0) is 15.6. The molecule has 0 aliphatic heterocycles. The van der Waals surface area contributed by atoms with Crippen LogP contribution in [0.1, 0.15) is 34.6 Å². The first kappa shape index (κ1) is 15.1. The van der Waals surface area contributed by atoms with E-state index in [-0.39, 0.29) is 11.9 Å². The van der Waals surface area contributed by atoms with Crippen LogP contribution in [-0.2, 0) is 7.05 Å². The van der Waals surface area contributed by atoms with Gasteiger partial charge in [-0.3, -0.25) is 9.48 Å². The highest BCUT2D eigenvalue weighted by Crippen LogP contribution is 2.17. The van der Waals surface area contributed by atoms with E-state index in [2.05, 4.69) is 10.4 Å². The summed E-state index contributed by atoms with van der Waals surface area (Å²) in [4.78, 5) is 14.3. The Morgan fingerprint density at radius 1 is 1.29 bits per heavy atom. The highest BCUT2D eigenvalue weighted by Gasteiger charge is 2.15. The summed E-state index contributed by atoms with van der Waals surface area (Å²) >= 11 is 0. The Bertz CT molecular complexity index is 628. The van der Waals surface area contributed by atoms with Gasteiger partial charge in [-0.25, -0.2) is 0 Å². The van der Waals surface area contributed by atoms with Crippen LogP contribution in [0.2, 0.25) is 0 Å². The van der Waals surface area contributed by atoms with E-state index in [4.69, 9.17) is 0 Å². The van der Waals surface area contributed by atoms with Gasteiger partial charge >= 0.3 is 0 Å². The smallest absolute Gasteiger partial charge is 0.251 e. The number of amides is 1. The van der Waals surface area contributed by atoms with Gasteiger partial charge in [0.05, 0.1) is 12.2 Å². The molecule has 0 saturated carbocycles. The second-order valence-electron chi connectivity index (χ2n) is 5.45. The molecule has 1 atom stereocenters. The molecule has 0 saturated heterocycles. The second-order valence-corrected chi connectivity index (χ2v) is 5.45. The van der Waals surface area contributed by atoms with Crippen LogP contribution < -0.4 is 10.2 Å². The van der Waals surface area contributed by atoms with Crippen molar-refractivity contribution in [1.29, 1.82) is 0 Å². The highest BCUT2D eigenvalue weighted by molar-refractivity contribution is 5.94. The van der Waals surface area contributed by atoms with Crippen molar-refractivity contribution in [2.24, 2.45) is 7.05 Å². The van der Waals surface area contributed by atoms with Crippen LogP contribution in [0.4, 0.5) is 5.69 Å². The first-order valence-electron chi connectivity index (χ1n) is 6.97. The van der Waals surface area contributed by atoms with Crippen molar-refractivity contribution in [2.75, 3.05) is 19.0 Å². The molecule has 21 heavy (non-hydrogen) atoms. The van der Waals surface area contributed by atoms with Crippen LogP contribution in [0.25, 0.3) is 0 Å². The maximum Gasteiger partial charge on any atom is 0.251 e. The maximum atomic E-state index is 12.3. The predicted octanol–water partition coefficient (Wildman–Crippen LogP) is 2.29. The van der Waals surface area contributed by atoms with E-state index in [0.717, 1.165) is 16.9 Å². The lowest BCUT2D eigenvalue weighted by Crippen LogP contribution is -2.27. The molecule has 1 amide bonds. The molecule has 0 aliphatic carbocycles. The summed E-state index contributed by atoms with van der Waals surface area (Å²) in [6.07, 6.45) is 1.80. The molecule has 1 aromatic carbocycles. The van der Waals surface area contributed by atoms with Crippen molar-refractivity contribution in [2.45, 2.75) is 19.9 Å². The quantitative estimate of drug-likeness (QED) is 0.938. The summed E-state index contributed by atoms with van der Waals surface area (Å²) in [6, 6.07) is 7.49. The summed E-state index contributed by atoms with van der Waals surface area (Å²) in [6.45, 7) is 3.97. The Balaban J connectivity index is 2.09. The number of rotatable bonds is 4. The molecule has 0 bridgehead atoms. The second kappa shape index (κ2) is 5.99. The van der Waals surface area contributed by atoms with Gasteiger partial charge in [0.25, 0.3) is 5.91 Å². The van der Waals surface area contributed by atoms with Crippen molar-refractivity contribution in [1.82, 2.24) is 15.1 Å². The molecule has 0 radical (unpaired) electrons. The van der Waals surface area contributed by atoms with E-state index < -0.39 is 0 Å². The molecule has 1 unspecified atom stereocenters. The standard InChI is InChI=1S/C16H22N4O/c1-11(15-10-17-20(5)12(15)2)18-16(21)13-6-8-14(9-7-13)19(3)4/h6-11H,1-5H3,(H,18,21). The van der Waals surface area contributed by atoms with Crippen LogP contribution >= 0.6 is 0 Å². The van der Waals surface area contributed by atoms with E-state index in [0.29, 0.717) is 5.56 Å². The number of nitrogens with one attached hydrogen (secondary N) is 1. The number of benzene rings is 1. The lowest BCUT2D eigenvalue weighted by Gasteiger charge is -2.15. The lowest BCUT2D eigenvalue weighted by atomic mass is 10.1. The first-order chi connectivity index (χ1) is 9.90.